The van der Waals surface area contributed by atoms with Gasteiger partial charge < -0.3 is 15.2 Å². The molecule has 2 N–H and O–H groups in total. The van der Waals surface area contributed by atoms with Crippen LogP contribution >= 0.6 is 0 Å². The molecule has 8 nitrogen and oxygen atoms in total. The molecule has 0 radical (unpaired) electrons. The number of aryl methyl sites for hydroxylation is 1. The van der Waals surface area contributed by atoms with E-state index in [1.54, 1.807) is 13.0 Å². The number of piperazine rings is 1. The van der Waals surface area contributed by atoms with Crippen LogP contribution in [0.3, 0.4) is 0 Å². The van der Waals surface area contributed by atoms with Crippen LogP contribution in [0.1, 0.15) is 30.3 Å². The van der Waals surface area contributed by atoms with Crippen molar-refractivity contribution in [3.63, 3.8) is 0 Å². The maximum absolute atomic E-state index is 12.7. The molecule has 2 heterocycles. The lowest BCUT2D eigenvalue weighted by atomic mass is 9.84. The molecule has 0 bridgehead atoms. The lowest BCUT2D eigenvalue weighted by Crippen LogP contribution is -2.60. The van der Waals surface area contributed by atoms with Gasteiger partial charge in [0.25, 0.3) is 5.89 Å². The highest BCUT2D eigenvalue weighted by Crippen LogP contribution is 2.34. The summed E-state index contributed by atoms with van der Waals surface area (Å²) in [6.45, 7) is 6.41. The Morgan fingerprint density at radius 1 is 1.19 bits per heavy atom. The molecule has 1 saturated heterocycles. The van der Waals surface area contributed by atoms with E-state index in [4.69, 9.17) is 10.3 Å². The third kappa shape index (κ3) is 3.72. The van der Waals surface area contributed by atoms with Gasteiger partial charge in [-0.15, -0.1) is 0 Å². The van der Waals surface area contributed by atoms with Crippen LogP contribution in [0.5, 0.6) is 0 Å². The lowest BCUT2D eigenvalue weighted by molar-refractivity contribution is -0.131. The van der Waals surface area contributed by atoms with Crippen molar-refractivity contribution >= 4 is 11.6 Å². The largest absolute Gasteiger partial charge is 0.368 e. The molecule has 2 aromatic carbocycles. The van der Waals surface area contributed by atoms with E-state index in [1.807, 2.05) is 49.4 Å². The fourth-order valence-corrected chi connectivity index (χ4v) is 4.57. The Bertz CT molecular complexity index is 1140. The highest BCUT2D eigenvalue weighted by molar-refractivity contribution is 5.86. The zero-order valence-electron chi connectivity index (χ0n) is 18.3. The summed E-state index contributed by atoms with van der Waals surface area (Å²) in [7, 11) is 0. The number of primary amides is 1. The summed E-state index contributed by atoms with van der Waals surface area (Å²) in [5.74, 6) is 0.606. The summed E-state index contributed by atoms with van der Waals surface area (Å²) in [6.07, 6.45) is 0.591. The van der Waals surface area contributed by atoms with Gasteiger partial charge in [0, 0.05) is 31.7 Å². The molecule has 0 aliphatic carbocycles. The summed E-state index contributed by atoms with van der Waals surface area (Å²) in [5, 5.41) is 13.6. The van der Waals surface area contributed by atoms with Crippen LogP contribution in [0.25, 0.3) is 11.5 Å². The van der Waals surface area contributed by atoms with Crippen molar-refractivity contribution in [1.29, 1.82) is 5.26 Å². The molecule has 0 spiro atoms. The summed E-state index contributed by atoms with van der Waals surface area (Å²) in [5.41, 5.74) is 8.15. The first-order chi connectivity index (χ1) is 15.5. The Kier molecular flexibility index (Phi) is 5.93. The van der Waals surface area contributed by atoms with E-state index in [-0.39, 0.29) is 5.91 Å². The van der Waals surface area contributed by atoms with Crippen LogP contribution in [-0.2, 0) is 10.3 Å². The van der Waals surface area contributed by atoms with E-state index in [0.29, 0.717) is 55.4 Å². The third-order valence-electron chi connectivity index (χ3n) is 6.22. The zero-order valence-corrected chi connectivity index (χ0v) is 18.3. The maximum Gasteiger partial charge on any atom is 0.257 e. The first-order valence-electron chi connectivity index (χ1n) is 10.7. The molecule has 3 aromatic rings. The lowest BCUT2D eigenvalue weighted by Gasteiger charge is -2.46. The molecular weight excluding hydrogens is 404 g/mol. The van der Waals surface area contributed by atoms with Gasteiger partial charge in [-0.25, -0.2) is 0 Å². The second kappa shape index (κ2) is 8.81. The van der Waals surface area contributed by atoms with Crippen molar-refractivity contribution in [3.8, 4) is 17.5 Å². The number of hydrogen-bond acceptors (Lipinski definition) is 7. The fourth-order valence-electron chi connectivity index (χ4n) is 4.57. The number of nitrogens with two attached hydrogens (primary N) is 1. The SMILES string of the molecule is CCC(C(N)=O)(c1ccccc1)N1CCN(c2ccc(-c3nc(C)no3)cc2C#N)CC1. The van der Waals surface area contributed by atoms with Gasteiger partial charge in [0.05, 0.1) is 11.3 Å². The molecular formula is C24H26N6O2. The van der Waals surface area contributed by atoms with Crippen molar-refractivity contribution in [2.24, 2.45) is 5.73 Å². The van der Waals surface area contributed by atoms with Crippen molar-refractivity contribution in [1.82, 2.24) is 15.0 Å². The molecule has 164 valence electrons. The molecule has 32 heavy (non-hydrogen) atoms. The van der Waals surface area contributed by atoms with Crippen LogP contribution in [0.4, 0.5) is 5.69 Å². The number of amides is 1. The second-order valence-corrected chi connectivity index (χ2v) is 7.91. The van der Waals surface area contributed by atoms with Gasteiger partial charge in [-0.2, -0.15) is 10.2 Å². The number of benzene rings is 2. The number of hydrogen-bond donors (Lipinski definition) is 1. The van der Waals surface area contributed by atoms with Gasteiger partial charge in [-0.1, -0.05) is 42.4 Å². The highest BCUT2D eigenvalue weighted by atomic mass is 16.5. The minimum Gasteiger partial charge on any atom is -0.368 e. The first kappa shape index (κ1) is 21.5. The molecule has 4 rings (SSSR count). The highest BCUT2D eigenvalue weighted by Gasteiger charge is 2.43. The number of rotatable bonds is 6. The minimum atomic E-state index is -0.842. The molecule has 1 amide bonds. The van der Waals surface area contributed by atoms with E-state index in [0.717, 1.165) is 11.3 Å². The number of anilines is 1. The van der Waals surface area contributed by atoms with Crippen LogP contribution in [0.15, 0.2) is 53.1 Å². The van der Waals surface area contributed by atoms with Crippen LogP contribution in [-0.4, -0.2) is 47.1 Å². The molecule has 0 saturated carbocycles. The third-order valence-corrected chi connectivity index (χ3v) is 6.22. The average molecular weight is 431 g/mol. The van der Waals surface area contributed by atoms with Crippen LogP contribution in [0, 0.1) is 18.3 Å². The Hall–Kier alpha value is -3.70. The van der Waals surface area contributed by atoms with Gasteiger partial charge >= 0.3 is 0 Å². The van der Waals surface area contributed by atoms with Gasteiger partial charge in [-0.3, -0.25) is 9.69 Å². The maximum atomic E-state index is 12.7. The van der Waals surface area contributed by atoms with E-state index in [9.17, 15) is 10.1 Å². The van der Waals surface area contributed by atoms with Crippen LogP contribution in [0.2, 0.25) is 0 Å². The number of aromatic nitrogens is 2. The summed E-state index contributed by atoms with van der Waals surface area (Å²) < 4.78 is 5.23. The Morgan fingerprint density at radius 3 is 2.47 bits per heavy atom. The molecule has 1 atom stereocenters. The number of carbonyl (C=O) groups is 1. The second-order valence-electron chi connectivity index (χ2n) is 7.91. The molecule has 8 heteroatoms. The van der Waals surface area contributed by atoms with E-state index in [2.05, 4.69) is 26.0 Å². The predicted molar refractivity (Wildman–Crippen MR) is 121 cm³/mol. The zero-order chi connectivity index (χ0) is 22.7. The van der Waals surface area contributed by atoms with Crippen molar-refractivity contribution in [2.45, 2.75) is 25.8 Å². The van der Waals surface area contributed by atoms with Gasteiger partial charge in [0.2, 0.25) is 5.91 Å². The monoisotopic (exact) mass is 430 g/mol. The predicted octanol–water partition coefficient (Wildman–Crippen LogP) is 2.83. The first-order valence-corrected chi connectivity index (χ1v) is 10.7. The topological polar surface area (TPSA) is 112 Å². The normalized spacial score (nSPS) is 16.3. The summed E-state index contributed by atoms with van der Waals surface area (Å²) >= 11 is 0. The van der Waals surface area contributed by atoms with Gasteiger partial charge in [-0.05, 0) is 37.1 Å². The van der Waals surface area contributed by atoms with E-state index >= 15 is 0 Å². The number of nitrogens with zero attached hydrogens (tertiary/aromatic N) is 5. The van der Waals surface area contributed by atoms with E-state index in [1.165, 1.54) is 0 Å². The summed E-state index contributed by atoms with van der Waals surface area (Å²) in [6, 6.07) is 17.6. The smallest absolute Gasteiger partial charge is 0.257 e. The quantitative estimate of drug-likeness (QED) is 0.640. The van der Waals surface area contributed by atoms with Crippen molar-refractivity contribution in [2.75, 3.05) is 31.1 Å². The molecule has 1 aliphatic heterocycles. The minimum absolute atomic E-state index is 0.337. The summed E-state index contributed by atoms with van der Waals surface area (Å²) in [4.78, 5) is 21.3. The number of nitriles is 1. The van der Waals surface area contributed by atoms with Gasteiger partial charge in [0.15, 0.2) is 5.82 Å². The Labute approximate surface area is 187 Å². The van der Waals surface area contributed by atoms with Crippen molar-refractivity contribution in [3.05, 3.63) is 65.5 Å². The van der Waals surface area contributed by atoms with Gasteiger partial charge in [0.1, 0.15) is 11.6 Å². The Morgan fingerprint density at radius 2 is 1.91 bits per heavy atom. The Balaban J connectivity index is 1.57. The molecule has 1 fully saturated rings. The van der Waals surface area contributed by atoms with E-state index < -0.39 is 5.54 Å². The molecule has 1 unspecified atom stereocenters. The number of carbonyl (C=O) groups excluding carboxylic acids is 1. The average Bonchev–Trinajstić information content (AvgIpc) is 3.27. The fraction of sp³-hybridized carbons (Fsp3) is 0.333. The standard InChI is InChI=1S/C24H26N6O2/c1-3-24(23(26)31,20-7-5-4-6-8-20)30-13-11-29(12-14-30)21-10-9-18(15-19(21)16-25)22-27-17(2)28-32-22/h4-10,15H,3,11-14H2,1-2H3,(H2,26,31). The molecule has 1 aromatic heterocycles. The van der Waals surface area contributed by atoms with Crippen LogP contribution < -0.4 is 10.6 Å². The molecule has 1 aliphatic rings. The van der Waals surface area contributed by atoms with Crippen molar-refractivity contribution < 1.29 is 9.32 Å².